The van der Waals surface area contributed by atoms with Gasteiger partial charge in [0.15, 0.2) is 5.65 Å². The van der Waals surface area contributed by atoms with Crippen LogP contribution in [0.1, 0.15) is 18.1 Å². The first kappa shape index (κ1) is 17.8. The lowest BCUT2D eigenvalue weighted by molar-refractivity contribution is 0.588. The zero-order valence-electron chi connectivity index (χ0n) is 15.0. The summed E-state index contributed by atoms with van der Waals surface area (Å²) >= 11 is 0. The summed E-state index contributed by atoms with van der Waals surface area (Å²) in [6, 6.07) is 5.31. The molecule has 4 aromatic rings. The number of fused-ring (bicyclic) bond motifs is 1. The maximum absolute atomic E-state index is 14.3. The Hall–Kier alpha value is -3.62. The van der Waals surface area contributed by atoms with Crippen LogP contribution in [0, 0.1) is 11.6 Å². The second kappa shape index (κ2) is 7.18. The highest BCUT2D eigenvalue weighted by Gasteiger charge is 2.17. The summed E-state index contributed by atoms with van der Waals surface area (Å²) in [4.78, 5) is 12.4. The predicted molar refractivity (Wildman–Crippen MR) is 101 cm³/mol. The van der Waals surface area contributed by atoms with E-state index in [0.717, 1.165) is 11.1 Å². The zero-order chi connectivity index (χ0) is 19.7. The topological polar surface area (TPSA) is 94.0 Å². The summed E-state index contributed by atoms with van der Waals surface area (Å²) in [6.07, 6.45) is 5.59. The summed E-state index contributed by atoms with van der Waals surface area (Å²) in [6.45, 7) is 2.34. The summed E-state index contributed by atoms with van der Waals surface area (Å²) in [5, 5.41) is 7.55. The third kappa shape index (κ3) is 3.22. The van der Waals surface area contributed by atoms with Crippen molar-refractivity contribution in [2.75, 3.05) is 11.1 Å². The fourth-order valence-corrected chi connectivity index (χ4v) is 2.90. The van der Waals surface area contributed by atoms with Crippen molar-refractivity contribution in [1.29, 1.82) is 0 Å². The first-order chi connectivity index (χ1) is 13.6. The molecule has 0 aliphatic carbocycles. The minimum absolute atomic E-state index is 0.174. The lowest BCUT2D eigenvalue weighted by atomic mass is 10.1. The van der Waals surface area contributed by atoms with Gasteiger partial charge in [-0.15, -0.1) is 0 Å². The largest absolute Gasteiger partial charge is 0.368 e. The number of anilines is 2. The summed E-state index contributed by atoms with van der Waals surface area (Å²) in [7, 11) is 0. The number of nitrogen functional groups attached to an aromatic ring is 1. The molecule has 9 heteroatoms. The summed E-state index contributed by atoms with van der Waals surface area (Å²) in [5.74, 6) is -0.620. The van der Waals surface area contributed by atoms with Gasteiger partial charge in [-0.1, -0.05) is 13.0 Å². The molecule has 142 valence electrons. The van der Waals surface area contributed by atoms with Crippen molar-refractivity contribution in [2.24, 2.45) is 0 Å². The molecular formula is C19H17F2N7. The molecule has 0 aliphatic heterocycles. The molecule has 0 fully saturated rings. The van der Waals surface area contributed by atoms with Gasteiger partial charge in [-0.2, -0.15) is 9.61 Å². The number of rotatable bonds is 5. The minimum atomic E-state index is -0.674. The van der Waals surface area contributed by atoms with Gasteiger partial charge in [0.2, 0.25) is 5.95 Å². The number of nitrogens with two attached hydrogens (primary N) is 1. The van der Waals surface area contributed by atoms with Crippen molar-refractivity contribution in [3.63, 3.8) is 0 Å². The number of nitrogens with zero attached hydrogens (tertiary/aromatic N) is 5. The van der Waals surface area contributed by atoms with Crippen molar-refractivity contribution in [3.05, 3.63) is 65.6 Å². The van der Waals surface area contributed by atoms with Gasteiger partial charge in [-0.25, -0.2) is 23.7 Å². The maximum atomic E-state index is 14.3. The lowest BCUT2D eigenvalue weighted by Crippen LogP contribution is -2.08. The fourth-order valence-electron chi connectivity index (χ4n) is 2.90. The van der Waals surface area contributed by atoms with Gasteiger partial charge in [0.25, 0.3) is 0 Å². The van der Waals surface area contributed by atoms with Crippen LogP contribution >= 0.6 is 0 Å². The molecule has 0 aliphatic rings. The molecule has 0 radical (unpaired) electrons. The predicted octanol–water partition coefficient (Wildman–Crippen LogP) is 3.22. The normalized spacial score (nSPS) is 11.1. The van der Waals surface area contributed by atoms with E-state index in [2.05, 4.69) is 25.4 Å². The second-order valence-electron chi connectivity index (χ2n) is 6.19. The molecule has 0 bridgehead atoms. The number of benzene rings is 1. The van der Waals surface area contributed by atoms with Crippen LogP contribution in [0.2, 0.25) is 0 Å². The van der Waals surface area contributed by atoms with Crippen LogP contribution in [0.25, 0.3) is 16.9 Å². The summed E-state index contributed by atoms with van der Waals surface area (Å²) in [5.41, 5.74) is 7.72. The number of aromatic nitrogens is 5. The first-order valence-corrected chi connectivity index (χ1v) is 8.69. The molecule has 7 nitrogen and oxygen atoms in total. The quantitative estimate of drug-likeness (QED) is 0.551. The Morgan fingerprint density at radius 1 is 1.11 bits per heavy atom. The van der Waals surface area contributed by atoms with Gasteiger partial charge < -0.3 is 11.1 Å². The van der Waals surface area contributed by atoms with E-state index in [1.54, 1.807) is 29.2 Å². The fraction of sp³-hybridized carbons (Fsp3) is 0.158. The second-order valence-corrected chi connectivity index (χ2v) is 6.19. The first-order valence-electron chi connectivity index (χ1n) is 8.69. The van der Waals surface area contributed by atoms with Gasteiger partial charge in [0, 0.05) is 36.1 Å². The Morgan fingerprint density at radius 2 is 1.82 bits per heavy atom. The van der Waals surface area contributed by atoms with Crippen LogP contribution in [0.4, 0.5) is 20.5 Å². The highest BCUT2D eigenvalue weighted by molar-refractivity contribution is 5.68. The Bertz CT molecular complexity index is 1120. The number of aryl methyl sites for hydroxylation is 1. The summed E-state index contributed by atoms with van der Waals surface area (Å²) < 4.78 is 30.2. The Morgan fingerprint density at radius 3 is 2.50 bits per heavy atom. The molecule has 3 heterocycles. The molecule has 28 heavy (non-hydrogen) atoms. The SMILES string of the molecule is CCc1cnn2c(NCc3cnc(N)nc3)cc(-c3c(F)cccc3F)nc12. The number of nitrogens with one attached hydrogen (secondary N) is 1. The Kier molecular flexibility index (Phi) is 4.56. The van der Waals surface area contributed by atoms with E-state index >= 15 is 0 Å². The van der Waals surface area contributed by atoms with Crippen LogP contribution in [-0.2, 0) is 13.0 Å². The number of hydrogen-bond donors (Lipinski definition) is 2. The van der Waals surface area contributed by atoms with Crippen LogP contribution in [-0.4, -0.2) is 24.6 Å². The van der Waals surface area contributed by atoms with Gasteiger partial charge >= 0.3 is 0 Å². The molecule has 0 atom stereocenters. The molecule has 0 spiro atoms. The van der Waals surface area contributed by atoms with Gasteiger partial charge in [0.1, 0.15) is 17.5 Å². The highest BCUT2D eigenvalue weighted by Crippen LogP contribution is 2.28. The third-order valence-corrected chi connectivity index (χ3v) is 4.34. The molecule has 0 amide bonds. The zero-order valence-corrected chi connectivity index (χ0v) is 15.0. The standard InChI is InChI=1S/C19H17F2N7/c1-2-12-10-26-28-16(23-7-11-8-24-19(22)25-9-11)6-15(27-18(12)28)17-13(20)4-3-5-14(17)21/h3-6,8-10,23H,2,7H2,1H3,(H2,22,24,25). The average molecular weight is 381 g/mol. The smallest absolute Gasteiger partial charge is 0.219 e. The van der Waals surface area contributed by atoms with Crippen molar-refractivity contribution in [2.45, 2.75) is 19.9 Å². The van der Waals surface area contributed by atoms with E-state index in [1.165, 1.54) is 18.2 Å². The van der Waals surface area contributed by atoms with Gasteiger partial charge in [-0.05, 0) is 18.6 Å². The van der Waals surface area contributed by atoms with Gasteiger partial charge in [0.05, 0.1) is 17.5 Å². The highest BCUT2D eigenvalue weighted by atomic mass is 19.1. The monoisotopic (exact) mass is 381 g/mol. The van der Waals surface area contributed by atoms with E-state index in [-0.39, 0.29) is 17.2 Å². The Labute approximate surface area is 159 Å². The lowest BCUT2D eigenvalue weighted by Gasteiger charge is -2.12. The third-order valence-electron chi connectivity index (χ3n) is 4.34. The van der Waals surface area contributed by atoms with Gasteiger partial charge in [-0.3, -0.25) is 0 Å². The number of halogens is 2. The van der Waals surface area contributed by atoms with Crippen molar-refractivity contribution < 1.29 is 8.78 Å². The maximum Gasteiger partial charge on any atom is 0.219 e. The van der Waals surface area contributed by atoms with E-state index in [0.29, 0.717) is 24.4 Å². The molecule has 0 saturated carbocycles. The van der Waals surface area contributed by atoms with Crippen LogP contribution in [0.5, 0.6) is 0 Å². The van der Waals surface area contributed by atoms with Crippen LogP contribution < -0.4 is 11.1 Å². The van der Waals surface area contributed by atoms with E-state index in [9.17, 15) is 8.78 Å². The van der Waals surface area contributed by atoms with Crippen LogP contribution in [0.15, 0.2) is 42.9 Å². The number of hydrogen-bond acceptors (Lipinski definition) is 6. The molecule has 3 N–H and O–H groups in total. The van der Waals surface area contributed by atoms with Crippen LogP contribution in [0.3, 0.4) is 0 Å². The van der Waals surface area contributed by atoms with E-state index < -0.39 is 11.6 Å². The van der Waals surface area contributed by atoms with E-state index in [4.69, 9.17) is 5.73 Å². The molecule has 0 unspecified atom stereocenters. The average Bonchev–Trinajstić information content (AvgIpc) is 3.10. The molecule has 0 saturated heterocycles. The molecule has 3 aromatic heterocycles. The van der Waals surface area contributed by atoms with Crippen molar-refractivity contribution >= 4 is 17.4 Å². The molecular weight excluding hydrogens is 364 g/mol. The minimum Gasteiger partial charge on any atom is -0.368 e. The molecule has 1 aromatic carbocycles. The van der Waals surface area contributed by atoms with E-state index in [1.807, 2.05) is 6.92 Å². The van der Waals surface area contributed by atoms with Crippen molar-refractivity contribution in [1.82, 2.24) is 24.6 Å². The Balaban J connectivity index is 1.80. The van der Waals surface area contributed by atoms with Crippen molar-refractivity contribution in [3.8, 4) is 11.3 Å². The molecule has 4 rings (SSSR count).